The summed E-state index contributed by atoms with van der Waals surface area (Å²) < 4.78 is 16.3. The summed E-state index contributed by atoms with van der Waals surface area (Å²) in [4.78, 5) is 23.8. The van der Waals surface area contributed by atoms with Crippen LogP contribution in [0.1, 0.15) is 30.1 Å². The molecule has 0 saturated heterocycles. The molecule has 8 heteroatoms. The lowest BCUT2D eigenvalue weighted by Gasteiger charge is -2.21. The minimum absolute atomic E-state index is 0.0106. The number of thiol groups is 1. The molecule has 0 heterocycles. The standard InChI is InChI=1S/C22H27NO6S/c1-16-8-10-17(11-9-16)23-22(26)29-20(7-4-13-28-21(25)15-30)18-5-2-3-6-19(18)27-14-12-24/h2-3,5-6,8-11,20,24,30H,4,7,12-15H2,1H3,(H,23,26)/t20-/m1/s1. The minimum atomic E-state index is -0.625. The predicted molar refractivity (Wildman–Crippen MR) is 117 cm³/mol. The Morgan fingerprint density at radius 1 is 1.10 bits per heavy atom. The van der Waals surface area contributed by atoms with Crippen LogP contribution in [-0.2, 0) is 14.3 Å². The van der Waals surface area contributed by atoms with Crippen molar-refractivity contribution in [3.8, 4) is 5.75 Å². The SMILES string of the molecule is Cc1ccc(NC(=O)O[C@H](CCCOC(=O)CS)c2ccccc2OCCO)cc1. The van der Waals surface area contributed by atoms with Crippen LogP contribution in [0.3, 0.4) is 0 Å². The lowest BCUT2D eigenvalue weighted by atomic mass is 10.0. The summed E-state index contributed by atoms with van der Waals surface area (Å²) in [6, 6.07) is 14.5. The van der Waals surface area contributed by atoms with Crippen LogP contribution in [0, 0.1) is 6.92 Å². The van der Waals surface area contributed by atoms with E-state index < -0.39 is 18.2 Å². The number of hydrogen-bond acceptors (Lipinski definition) is 7. The number of benzene rings is 2. The van der Waals surface area contributed by atoms with Crippen LogP contribution < -0.4 is 10.1 Å². The van der Waals surface area contributed by atoms with Gasteiger partial charge in [-0.2, -0.15) is 12.6 Å². The highest BCUT2D eigenvalue weighted by atomic mass is 32.1. The Labute approximate surface area is 181 Å². The largest absolute Gasteiger partial charge is 0.491 e. The van der Waals surface area contributed by atoms with Crippen LogP contribution in [-0.4, -0.2) is 42.7 Å². The maximum atomic E-state index is 12.5. The van der Waals surface area contributed by atoms with Crippen molar-refractivity contribution in [2.45, 2.75) is 25.9 Å². The van der Waals surface area contributed by atoms with Crippen molar-refractivity contribution in [3.63, 3.8) is 0 Å². The van der Waals surface area contributed by atoms with E-state index in [0.29, 0.717) is 29.8 Å². The highest BCUT2D eigenvalue weighted by Gasteiger charge is 2.21. The molecule has 0 aliphatic carbocycles. The number of amides is 1. The van der Waals surface area contributed by atoms with E-state index in [2.05, 4.69) is 17.9 Å². The second-order valence-corrected chi connectivity index (χ2v) is 6.83. The van der Waals surface area contributed by atoms with Gasteiger partial charge in [-0.05, 0) is 38.0 Å². The molecule has 0 unspecified atom stereocenters. The number of para-hydroxylation sites is 1. The normalized spacial score (nSPS) is 11.4. The van der Waals surface area contributed by atoms with Gasteiger partial charge in [0.05, 0.1) is 19.0 Å². The molecule has 0 bridgehead atoms. The van der Waals surface area contributed by atoms with Crippen LogP contribution >= 0.6 is 12.6 Å². The van der Waals surface area contributed by atoms with Crippen LogP contribution in [0.5, 0.6) is 5.75 Å². The molecule has 162 valence electrons. The average molecular weight is 434 g/mol. The first-order valence-electron chi connectivity index (χ1n) is 9.67. The molecule has 7 nitrogen and oxygen atoms in total. The maximum absolute atomic E-state index is 12.5. The summed E-state index contributed by atoms with van der Waals surface area (Å²) in [6.07, 6.45) is -0.329. The molecular weight excluding hydrogens is 406 g/mol. The number of carbonyl (C=O) groups is 2. The van der Waals surface area contributed by atoms with Crippen LogP contribution in [0.4, 0.5) is 10.5 Å². The molecule has 0 aliphatic rings. The minimum Gasteiger partial charge on any atom is -0.491 e. The summed E-state index contributed by atoms with van der Waals surface area (Å²) in [5.74, 6) is 0.128. The number of nitrogens with one attached hydrogen (secondary N) is 1. The Kier molecular flexibility index (Phi) is 10.0. The quantitative estimate of drug-likeness (QED) is 0.283. The smallest absolute Gasteiger partial charge is 0.412 e. The molecule has 2 aromatic rings. The number of hydrogen-bond donors (Lipinski definition) is 3. The monoisotopic (exact) mass is 433 g/mol. The molecule has 0 fully saturated rings. The van der Waals surface area contributed by atoms with Crippen molar-refractivity contribution < 1.29 is 28.9 Å². The molecule has 30 heavy (non-hydrogen) atoms. The highest BCUT2D eigenvalue weighted by molar-refractivity contribution is 7.81. The van der Waals surface area contributed by atoms with Gasteiger partial charge in [-0.3, -0.25) is 10.1 Å². The number of aliphatic hydroxyl groups is 1. The van der Waals surface area contributed by atoms with Gasteiger partial charge >= 0.3 is 12.1 Å². The van der Waals surface area contributed by atoms with Crippen LogP contribution in [0.25, 0.3) is 0 Å². The third-order valence-electron chi connectivity index (χ3n) is 4.16. The third kappa shape index (κ3) is 7.96. The Balaban J connectivity index is 2.09. The number of esters is 1. The molecule has 2 rings (SSSR count). The fourth-order valence-electron chi connectivity index (χ4n) is 2.73. The molecule has 0 spiro atoms. The number of aryl methyl sites for hydroxylation is 1. The average Bonchev–Trinajstić information content (AvgIpc) is 2.76. The molecule has 0 radical (unpaired) electrons. The van der Waals surface area contributed by atoms with Gasteiger partial charge in [0.2, 0.25) is 0 Å². The predicted octanol–water partition coefficient (Wildman–Crippen LogP) is 3.91. The molecule has 1 amide bonds. The van der Waals surface area contributed by atoms with E-state index >= 15 is 0 Å². The van der Waals surface area contributed by atoms with Gasteiger partial charge in [0, 0.05) is 11.3 Å². The molecule has 2 N–H and O–H groups in total. The molecular formula is C22H27NO6S. The lowest BCUT2D eigenvalue weighted by molar-refractivity contribution is -0.140. The van der Waals surface area contributed by atoms with E-state index in [1.54, 1.807) is 30.3 Å². The van der Waals surface area contributed by atoms with Gasteiger partial charge in [-0.15, -0.1) is 0 Å². The number of carbonyl (C=O) groups excluding carboxylic acids is 2. The second kappa shape index (κ2) is 12.8. The van der Waals surface area contributed by atoms with Crippen molar-refractivity contribution in [1.82, 2.24) is 0 Å². The van der Waals surface area contributed by atoms with Gasteiger partial charge in [0.1, 0.15) is 18.5 Å². The Morgan fingerprint density at radius 3 is 2.53 bits per heavy atom. The Hall–Kier alpha value is -2.71. The molecule has 0 saturated carbocycles. The van der Waals surface area contributed by atoms with E-state index in [-0.39, 0.29) is 25.6 Å². The first-order chi connectivity index (χ1) is 14.5. The Bertz CT molecular complexity index is 812. The van der Waals surface area contributed by atoms with Crippen LogP contribution in [0.2, 0.25) is 0 Å². The first-order valence-corrected chi connectivity index (χ1v) is 10.3. The third-order valence-corrected chi connectivity index (χ3v) is 4.42. The van der Waals surface area contributed by atoms with Crippen molar-refractivity contribution in [3.05, 3.63) is 59.7 Å². The molecule has 2 aromatic carbocycles. The van der Waals surface area contributed by atoms with E-state index in [9.17, 15) is 9.59 Å². The van der Waals surface area contributed by atoms with Gasteiger partial charge in [-0.25, -0.2) is 4.79 Å². The number of anilines is 1. The van der Waals surface area contributed by atoms with Crippen molar-refractivity contribution in [2.24, 2.45) is 0 Å². The summed E-state index contributed by atoms with van der Waals surface area (Å²) in [5, 5.41) is 11.8. The topological polar surface area (TPSA) is 94.1 Å². The summed E-state index contributed by atoms with van der Waals surface area (Å²) in [7, 11) is 0. The van der Waals surface area contributed by atoms with E-state index in [0.717, 1.165) is 5.56 Å². The molecule has 1 atom stereocenters. The van der Waals surface area contributed by atoms with E-state index in [4.69, 9.17) is 19.3 Å². The number of ether oxygens (including phenoxy) is 3. The molecule has 0 aromatic heterocycles. The zero-order chi connectivity index (χ0) is 21.8. The fraction of sp³-hybridized carbons (Fsp3) is 0.364. The molecule has 0 aliphatic heterocycles. The van der Waals surface area contributed by atoms with E-state index in [1.807, 2.05) is 25.1 Å². The summed E-state index contributed by atoms with van der Waals surface area (Å²) in [6.45, 7) is 2.15. The van der Waals surface area contributed by atoms with Gasteiger partial charge in [0.15, 0.2) is 0 Å². The maximum Gasteiger partial charge on any atom is 0.412 e. The number of aliphatic hydroxyl groups excluding tert-OH is 1. The highest BCUT2D eigenvalue weighted by Crippen LogP contribution is 2.31. The first kappa shape index (κ1) is 23.6. The summed E-state index contributed by atoms with van der Waals surface area (Å²) in [5.41, 5.74) is 2.37. The fourth-order valence-corrected chi connectivity index (χ4v) is 2.82. The summed E-state index contributed by atoms with van der Waals surface area (Å²) >= 11 is 3.87. The lowest BCUT2D eigenvalue weighted by Crippen LogP contribution is -2.19. The van der Waals surface area contributed by atoms with E-state index in [1.165, 1.54) is 0 Å². The van der Waals surface area contributed by atoms with Gasteiger partial charge in [-0.1, -0.05) is 35.9 Å². The van der Waals surface area contributed by atoms with Crippen molar-refractivity contribution in [2.75, 3.05) is 30.9 Å². The zero-order valence-corrected chi connectivity index (χ0v) is 17.8. The number of rotatable bonds is 11. The van der Waals surface area contributed by atoms with Crippen molar-refractivity contribution in [1.29, 1.82) is 0 Å². The van der Waals surface area contributed by atoms with Gasteiger partial charge in [0.25, 0.3) is 0 Å². The second-order valence-electron chi connectivity index (χ2n) is 6.52. The Morgan fingerprint density at radius 2 is 1.83 bits per heavy atom. The zero-order valence-electron chi connectivity index (χ0n) is 16.9. The van der Waals surface area contributed by atoms with Gasteiger partial charge < -0.3 is 19.3 Å². The van der Waals surface area contributed by atoms with Crippen molar-refractivity contribution >= 4 is 30.4 Å². The van der Waals surface area contributed by atoms with Crippen LogP contribution in [0.15, 0.2) is 48.5 Å².